The maximum absolute atomic E-state index is 11.0. The van der Waals surface area contributed by atoms with Crippen molar-refractivity contribution in [2.75, 3.05) is 0 Å². The minimum Gasteiger partial charge on any atom is -0.306 e. The lowest BCUT2D eigenvalue weighted by molar-refractivity contribution is -0.385. The molecule has 1 unspecified atom stereocenters. The van der Waals surface area contributed by atoms with E-state index < -0.39 is 0 Å². The number of nitro benzene ring substituents is 1. The fraction of sp³-hybridized carbons (Fsp3) is 0.250. The van der Waals surface area contributed by atoms with Crippen molar-refractivity contribution in [2.45, 2.75) is 25.9 Å². The summed E-state index contributed by atoms with van der Waals surface area (Å²) < 4.78 is 0. The molecule has 2 aromatic rings. The van der Waals surface area contributed by atoms with Gasteiger partial charge in [-0.3, -0.25) is 10.1 Å². The van der Waals surface area contributed by atoms with Crippen LogP contribution in [0, 0.1) is 10.1 Å². The first-order chi connectivity index (χ1) is 10.1. The van der Waals surface area contributed by atoms with Crippen LogP contribution in [0.4, 0.5) is 5.69 Å². The van der Waals surface area contributed by atoms with Gasteiger partial charge in [-0.05, 0) is 24.1 Å². The summed E-state index contributed by atoms with van der Waals surface area (Å²) in [7, 11) is 0. The van der Waals surface area contributed by atoms with Crippen molar-refractivity contribution in [2.24, 2.45) is 0 Å². The minimum atomic E-state index is -0.347. The highest BCUT2D eigenvalue weighted by Crippen LogP contribution is 2.22. The second kappa shape index (κ2) is 7.20. The van der Waals surface area contributed by atoms with Gasteiger partial charge in [0.1, 0.15) is 0 Å². The molecule has 0 aromatic heterocycles. The SMILES string of the molecule is CCC(NCc1ccccc1[N+](=O)[O-])c1ccc(Cl)cc1. The number of hydrogen-bond donors (Lipinski definition) is 1. The molecule has 0 saturated heterocycles. The van der Waals surface area contributed by atoms with E-state index >= 15 is 0 Å². The molecule has 0 amide bonds. The van der Waals surface area contributed by atoms with Gasteiger partial charge in [0.15, 0.2) is 0 Å². The average Bonchev–Trinajstić information content (AvgIpc) is 2.50. The van der Waals surface area contributed by atoms with Gasteiger partial charge in [-0.25, -0.2) is 0 Å². The second-order valence-electron chi connectivity index (χ2n) is 4.78. The summed E-state index contributed by atoms with van der Waals surface area (Å²) in [6.45, 7) is 2.53. The van der Waals surface area contributed by atoms with E-state index in [9.17, 15) is 10.1 Å². The van der Waals surface area contributed by atoms with Crippen molar-refractivity contribution >= 4 is 17.3 Å². The fourth-order valence-corrected chi connectivity index (χ4v) is 2.39. The summed E-state index contributed by atoms with van der Waals surface area (Å²) in [6.07, 6.45) is 0.891. The van der Waals surface area contributed by atoms with Crippen LogP contribution < -0.4 is 5.32 Å². The van der Waals surface area contributed by atoms with E-state index in [1.54, 1.807) is 12.1 Å². The molecule has 4 nitrogen and oxygen atoms in total. The van der Waals surface area contributed by atoms with Crippen molar-refractivity contribution in [3.05, 3.63) is 74.8 Å². The molecule has 0 heterocycles. The van der Waals surface area contributed by atoms with E-state index in [4.69, 9.17) is 11.6 Å². The van der Waals surface area contributed by atoms with Crippen molar-refractivity contribution < 1.29 is 4.92 Å². The van der Waals surface area contributed by atoms with Crippen molar-refractivity contribution in [3.63, 3.8) is 0 Å². The van der Waals surface area contributed by atoms with Crippen molar-refractivity contribution in [1.82, 2.24) is 5.32 Å². The predicted octanol–water partition coefficient (Wildman–Crippen LogP) is 4.49. The number of para-hydroxylation sites is 1. The zero-order chi connectivity index (χ0) is 15.2. The molecule has 1 N–H and O–H groups in total. The van der Waals surface area contributed by atoms with Gasteiger partial charge in [-0.15, -0.1) is 0 Å². The summed E-state index contributed by atoms with van der Waals surface area (Å²) in [6, 6.07) is 14.6. The van der Waals surface area contributed by atoms with Gasteiger partial charge >= 0.3 is 0 Å². The molecule has 0 fully saturated rings. The first-order valence-electron chi connectivity index (χ1n) is 6.83. The molecule has 1 atom stereocenters. The van der Waals surface area contributed by atoms with E-state index in [0.717, 1.165) is 12.0 Å². The van der Waals surface area contributed by atoms with E-state index in [2.05, 4.69) is 12.2 Å². The number of nitrogens with zero attached hydrogens (tertiary/aromatic N) is 1. The summed E-state index contributed by atoms with van der Waals surface area (Å²) in [4.78, 5) is 10.7. The lowest BCUT2D eigenvalue weighted by Gasteiger charge is -2.17. The number of nitro groups is 1. The molecule has 0 saturated carbocycles. The first-order valence-corrected chi connectivity index (χ1v) is 7.20. The maximum Gasteiger partial charge on any atom is 0.273 e. The Morgan fingerprint density at radius 2 is 1.86 bits per heavy atom. The molecule has 0 radical (unpaired) electrons. The highest BCUT2D eigenvalue weighted by molar-refractivity contribution is 6.30. The fourth-order valence-electron chi connectivity index (χ4n) is 2.26. The maximum atomic E-state index is 11.0. The molecule has 5 heteroatoms. The van der Waals surface area contributed by atoms with Gasteiger partial charge in [0, 0.05) is 29.2 Å². The number of halogens is 1. The molecule has 0 spiro atoms. The van der Waals surface area contributed by atoms with Crippen LogP contribution in [0.15, 0.2) is 48.5 Å². The lowest BCUT2D eigenvalue weighted by Crippen LogP contribution is -2.20. The Bertz CT molecular complexity index is 614. The third kappa shape index (κ3) is 4.03. The molecular formula is C16H17ClN2O2. The number of benzene rings is 2. The van der Waals surface area contributed by atoms with Crippen LogP contribution in [-0.4, -0.2) is 4.92 Å². The van der Waals surface area contributed by atoms with Crippen molar-refractivity contribution in [3.8, 4) is 0 Å². The van der Waals surface area contributed by atoms with Crippen LogP contribution in [0.1, 0.15) is 30.5 Å². The first kappa shape index (κ1) is 15.5. The van der Waals surface area contributed by atoms with Crippen LogP contribution in [-0.2, 0) is 6.54 Å². The Morgan fingerprint density at radius 1 is 1.19 bits per heavy atom. The Hall–Kier alpha value is -1.91. The Balaban J connectivity index is 2.10. The van der Waals surface area contributed by atoms with Crippen LogP contribution >= 0.6 is 11.6 Å². The van der Waals surface area contributed by atoms with Crippen LogP contribution in [0.2, 0.25) is 5.02 Å². The normalized spacial score (nSPS) is 12.1. The van der Waals surface area contributed by atoms with E-state index in [0.29, 0.717) is 17.1 Å². The van der Waals surface area contributed by atoms with Crippen LogP contribution in [0.25, 0.3) is 0 Å². The number of hydrogen-bond acceptors (Lipinski definition) is 3. The highest BCUT2D eigenvalue weighted by Gasteiger charge is 2.14. The van der Waals surface area contributed by atoms with Gasteiger partial charge < -0.3 is 5.32 Å². The molecular weight excluding hydrogens is 288 g/mol. The predicted molar refractivity (Wildman–Crippen MR) is 84.4 cm³/mol. The molecule has 0 aliphatic rings. The van der Waals surface area contributed by atoms with Gasteiger partial charge in [-0.1, -0.05) is 48.9 Å². The van der Waals surface area contributed by atoms with Crippen molar-refractivity contribution in [1.29, 1.82) is 0 Å². The van der Waals surface area contributed by atoms with E-state index in [1.165, 1.54) is 6.07 Å². The summed E-state index contributed by atoms with van der Waals surface area (Å²) in [5.41, 5.74) is 1.96. The topological polar surface area (TPSA) is 55.2 Å². The summed E-state index contributed by atoms with van der Waals surface area (Å²) in [5.74, 6) is 0. The molecule has 2 rings (SSSR count). The van der Waals surface area contributed by atoms with Gasteiger partial charge in [-0.2, -0.15) is 0 Å². The van der Waals surface area contributed by atoms with Crippen LogP contribution in [0.3, 0.4) is 0 Å². The molecule has 110 valence electrons. The number of nitrogens with one attached hydrogen (secondary N) is 1. The monoisotopic (exact) mass is 304 g/mol. The molecule has 21 heavy (non-hydrogen) atoms. The van der Waals surface area contributed by atoms with Gasteiger partial charge in [0.25, 0.3) is 5.69 Å². The van der Waals surface area contributed by atoms with E-state index in [1.807, 2.05) is 30.3 Å². The molecule has 0 aliphatic heterocycles. The quantitative estimate of drug-likeness (QED) is 0.632. The Kier molecular flexibility index (Phi) is 5.31. The summed E-state index contributed by atoms with van der Waals surface area (Å²) in [5, 5.41) is 15.1. The van der Waals surface area contributed by atoms with Crippen LogP contribution in [0.5, 0.6) is 0 Å². The third-order valence-corrected chi connectivity index (χ3v) is 3.66. The zero-order valence-electron chi connectivity index (χ0n) is 11.8. The number of rotatable bonds is 6. The standard InChI is InChI=1S/C16H17ClN2O2/c1-2-15(12-7-9-14(17)10-8-12)18-11-13-5-3-4-6-16(13)19(20)21/h3-10,15,18H,2,11H2,1H3. The largest absolute Gasteiger partial charge is 0.306 e. The molecule has 2 aromatic carbocycles. The van der Waals surface area contributed by atoms with Gasteiger partial charge in [0.05, 0.1) is 4.92 Å². The average molecular weight is 305 g/mol. The van der Waals surface area contributed by atoms with E-state index in [-0.39, 0.29) is 16.7 Å². The minimum absolute atomic E-state index is 0.141. The lowest BCUT2D eigenvalue weighted by atomic mass is 10.0. The second-order valence-corrected chi connectivity index (χ2v) is 5.22. The highest BCUT2D eigenvalue weighted by atomic mass is 35.5. The summed E-state index contributed by atoms with van der Waals surface area (Å²) >= 11 is 5.89. The molecule has 0 bridgehead atoms. The zero-order valence-corrected chi connectivity index (χ0v) is 12.5. The van der Waals surface area contributed by atoms with Gasteiger partial charge in [0.2, 0.25) is 0 Å². The smallest absolute Gasteiger partial charge is 0.273 e. The Morgan fingerprint density at radius 3 is 2.48 bits per heavy atom. The molecule has 0 aliphatic carbocycles. The Labute approximate surface area is 128 Å². The third-order valence-electron chi connectivity index (χ3n) is 3.41.